The summed E-state index contributed by atoms with van der Waals surface area (Å²) < 4.78 is 0. The second-order valence-electron chi connectivity index (χ2n) is 5.76. The summed E-state index contributed by atoms with van der Waals surface area (Å²) in [6.45, 7) is 0. The number of nitro groups is 1. The predicted octanol–water partition coefficient (Wildman–Crippen LogP) is 4.44. The highest BCUT2D eigenvalue weighted by Crippen LogP contribution is 2.30. The zero-order valence-electron chi connectivity index (χ0n) is 14.6. The van der Waals surface area contributed by atoms with Crippen molar-refractivity contribution in [2.45, 2.75) is 0 Å². The second kappa shape index (κ2) is 8.01. The van der Waals surface area contributed by atoms with Gasteiger partial charge in [0.25, 0.3) is 11.6 Å². The lowest BCUT2D eigenvalue weighted by Gasteiger charge is -2.11. The van der Waals surface area contributed by atoms with E-state index in [0.29, 0.717) is 11.4 Å². The van der Waals surface area contributed by atoms with E-state index in [0.717, 1.165) is 11.4 Å². The van der Waals surface area contributed by atoms with Gasteiger partial charge in [-0.25, -0.2) is 0 Å². The van der Waals surface area contributed by atoms with Crippen LogP contribution in [0.25, 0.3) is 0 Å². The number of carbonyl (C=O) groups excluding carboxylic acids is 1. The fourth-order valence-electron chi connectivity index (χ4n) is 2.59. The van der Waals surface area contributed by atoms with Gasteiger partial charge in [0.05, 0.1) is 4.92 Å². The van der Waals surface area contributed by atoms with Gasteiger partial charge in [-0.1, -0.05) is 24.3 Å². The van der Waals surface area contributed by atoms with Crippen LogP contribution in [0.5, 0.6) is 0 Å². The van der Waals surface area contributed by atoms with Crippen molar-refractivity contribution in [2.75, 3.05) is 17.7 Å². The van der Waals surface area contributed by atoms with E-state index in [2.05, 4.69) is 16.0 Å². The van der Waals surface area contributed by atoms with Crippen LogP contribution in [0.4, 0.5) is 28.4 Å². The van der Waals surface area contributed by atoms with Gasteiger partial charge in [-0.05, 0) is 42.5 Å². The van der Waals surface area contributed by atoms with Crippen LogP contribution < -0.4 is 16.0 Å². The van der Waals surface area contributed by atoms with Gasteiger partial charge in [-0.3, -0.25) is 14.9 Å². The Hall–Kier alpha value is -3.87. The molecule has 0 radical (unpaired) electrons. The zero-order chi connectivity index (χ0) is 19.2. The average molecular weight is 362 g/mol. The first-order chi connectivity index (χ1) is 13.1. The Morgan fingerprint density at radius 1 is 0.852 bits per heavy atom. The summed E-state index contributed by atoms with van der Waals surface area (Å²) in [5.74, 6) is -0.376. The first-order valence-corrected chi connectivity index (χ1v) is 8.26. The Morgan fingerprint density at radius 3 is 2.19 bits per heavy atom. The normalized spacial score (nSPS) is 10.1. The van der Waals surface area contributed by atoms with E-state index in [1.54, 1.807) is 6.07 Å². The van der Waals surface area contributed by atoms with E-state index < -0.39 is 4.92 Å². The maximum absolute atomic E-state index is 11.7. The first-order valence-electron chi connectivity index (χ1n) is 8.26. The van der Waals surface area contributed by atoms with E-state index in [1.165, 1.54) is 19.2 Å². The molecule has 0 saturated carbocycles. The molecule has 0 bridgehead atoms. The number of nitro benzene ring substituents is 1. The van der Waals surface area contributed by atoms with Crippen LogP contribution in [0.1, 0.15) is 10.4 Å². The van der Waals surface area contributed by atoms with Crippen molar-refractivity contribution in [3.05, 3.63) is 88.5 Å². The number of hydrogen-bond acceptors (Lipinski definition) is 5. The van der Waals surface area contributed by atoms with Gasteiger partial charge in [0.2, 0.25) is 0 Å². The minimum absolute atomic E-state index is 0.169. The lowest BCUT2D eigenvalue weighted by Crippen LogP contribution is -2.17. The van der Waals surface area contributed by atoms with Crippen LogP contribution in [0.2, 0.25) is 0 Å². The number of nitrogens with one attached hydrogen (secondary N) is 3. The van der Waals surface area contributed by atoms with Gasteiger partial charge in [-0.2, -0.15) is 0 Å². The molecule has 0 aliphatic rings. The Balaban J connectivity index is 1.85. The molecule has 0 aromatic heterocycles. The van der Waals surface area contributed by atoms with Gasteiger partial charge in [0.15, 0.2) is 0 Å². The number of rotatable bonds is 6. The minimum atomic E-state index is -0.513. The number of nitrogens with zero attached hydrogens (tertiary/aromatic N) is 1. The van der Waals surface area contributed by atoms with Crippen molar-refractivity contribution in [1.29, 1.82) is 0 Å². The number of benzene rings is 3. The molecule has 0 unspecified atom stereocenters. The number of carbonyl (C=O) groups is 1. The molecule has 0 atom stereocenters. The highest BCUT2D eigenvalue weighted by molar-refractivity contribution is 5.95. The predicted molar refractivity (Wildman–Crippen MR) is 106 cm³/mol. The van der Waals surface area contributed by atoms with E-state index in [-0.39, 0.29) is 17.2 Å². The zero-order valence-corrected chi connectivity index (χ0v) is 14.6. The number of amides is 1. The summed E-state index contributed by atoms with van der Waals surface area (Å²) in [6, 6.07) is 21.4. The molecule has 1 amide bonds. The van der Waals surface area contributed by atoms with Crippen molar-refractivity contribution < 1.29 is 9.72 Å². The summed E-state index contributed by atoms with van der Waals surface area (Å²) in [6.07, 6.45) is 0. The first kappa shape index (κ1) is 17.9. The molecule has 27 heavy (non-hydrogen) atoms. The molecule has 0 fully saturated rings. The molecule has 7 heteroatoms. The topological polar surface area (TPSA) is 96.3 Å². The molecule has 0 saturated heterocycles. The molecule has 3 N–H and O–H groups in total. The molecule has 0 spiro atoms. The third kappa shape index (κ3) is 4.40. The highest BCUT2D eigenvalue weighted by atomic mass is 16.6. The fourth-order valence-corrected chi connectivity index (χ4v) is 2.59. The molecule has 0 aliphatic carbocycles. The van der Waals surface area contributed by atoms with Gasteiger partial charge >= 0.3 is 0 Å². The quantitative estimate of drug-likeness (QED) is 0.445. The summed E-state index contributed by atoms with van der Waals surface area (Å²) in [4.78, 5) is 22.6. The fraction of sp³-hybridized carbons (Fsp3) is 0.0500. The van der Waals surface area contributed by atoms with E-state index in [4.69, 9.17) is 0 Å². The van der Waals surface area contributed by atoms with Gasteiger partial charge in [-0.15, -0.1) is 0 Å². The maximum atomic E-state index is 11.7. The summed E-state index contributed by atoms with van der Waals surface area (Å²) in [7, 11) is 1.48. The molecule has 3 aromatic carbocycles. The van der Waals surface area contributed by atoms with Crippen LogP contribution in [0.3, 0.4) is 0 Å². The molecule has 7 nitrogen and oxygen atoms in total. The molecule has 136 valence electrons. The van der Waals surface area contributed by atoms with E-state index >= 15 is 0 Å². The van der Waals surface area contributed by atoms with Gasteiger partial charge in [0.1, 0.15) is 5.69 Å². The van der Waals surface area contributed by atoms with Crippen molar-refractivity contribution in [2.24, 2.45) is 0 Å². The summed E-state index contributed by atoms with van der Waals surface area (Å²) >= 11 is 0. The van der Waals surface area contributed by atoms with Crippen molar-refractivity contribution >= 4 is 34.3 Å². The van der Waals surface area contributed by atoms with Crippen LogP contribution >= 0.6 is 0 Å². The Labute approximate surface area is 156 Å². The van der Waals surface area contributed by atoms with Gasteiger partial charge < -0.3 is 16.0 Å². The summed E-state index contributed by atoms with van der Waals surface area (Å²) in [5, 5.41) is 20.2. The second-order valence-corrected chi connectivity index (χ2v) is 5.76. The summed E-state index contributed by atoms with van der Waals surface area (Å²) in [5.41, 5.74) is 2.84. The Morgan fingerprint density at radius 2 is 1.52 bits per heavy atom. The van der Waals surface area contributed by atoms with Crippen molar-refractivity contribution in [1.82, 2.24) is 5.32 Å². The number of anilines is 4. The smallest absolute Gasteiger partial charge is 0.293 e. The molecule has 0 heterocycles. The Kier molecular flexibility index (Phi) is 5.32. The lowest BCUT2D eigenvalue weighted by molar-refractivity contribution is -0.383. The van der Waals surface area contributed by atoms with E-state index in [9.17, 15) is 14.9 Å². The molecule has 0 aliphatic heterocycles. The standard InChI is InChI=1S/C20H18N4O3/c1-21-20(25)14-10-11-18(19(12-14)24(26)27)23-17-9-5-8-16(13-17)22-15-6-3-2-4-7-15/h2-13,22-23H,1H3,(H,21,25). The number of para-hydroxylation sites is 1. The Bertz CT molecular complexity index is 974. The molecular weight excluding hydrogens is 344 g/mol. The SMILES string of the molecule is CNC(=O)c1ccc(Nc2cccc(Nc3ccccc3)c2)c([N+](=O)[O-])c1. The van der Waals surface area contributed by atoms with Crippen molar-refractivity contribution in [3.63, 3.8) is 0 Å². The third-order valence-corrected chi connectivity index (χ3v) is 3.89. The number of hydrogen-bond donors (Lipinski definition) is 3. The average Bonchev–Trinajstić information content (AvgIpc) is 2.68. The van der Waals surface area contributed by atoms with Crippen molar-refractivity contribution in [3.8, 4) is 0 Å². The maximum Gasteiger partial charge on any atom is 0.293 e. The van der Waals surface area contributed by atoms with Crippen LogP contribution in [0.15, 0.2) is 72.8 Å². The lowest BCUT2D eigenvalue weighted by atomic mass is 10.1. The molecule has 3 aromatic rings. The van der Waals surface area contributed by atoms with Gasteiger partial charge in [0, 0.05) is 35.7 Å². The van der Waals surface area contributed by atoms with E-state index in [1.807, 2.05) is 54.6 Å². The highest BCUT2D eigenvalue weighted by Gasteiger charge is 2.17. The largest absolute Gasteiger partial charge is 0.355 e. The van der Waals surface area contributed by atoms with Crippen LogP contribution in [-0.2, 0) is 0 Å². The van der Waals surface area contributed by atoms with Crippen LogP contribution in [0, 0.1) is 10.1 Å². The molecular formula is C20H18N4O3. The van der Waals surface area contributed by atoms with Crippen LogP contribution in [-0.4, -0.2) is 17.9 Å². The monoisotopic (exact) mass is 362 g/mol. The molecule has 3 rings (SSSR count). The minimum Gasteiger partial charge on any atom is -0.355 e. The third-order valence-electron chi connectivity index (χ3n) is 3.89.